The lowest BCUT2D eigenvalue weighted by Crippen LogP contribution is -2.35. The first-order chi connectivity index (χ1) is 9.85. The van der Waals surface area contributed by atoms with Crippen molar-refractivity contribution in [2.24, 2.45) is 0 Å². The van der Waals surface area contributed by atoms with E-state index in [1.807, 2.05) is 0 Å². The zero-order valence-corrected chi connectivity index (χ0v) is 14.7. The Morgan fingerprint density at radius 3 is 2.57 bits per heavy atom. The van der Waals surface area contributed by atoms with Crippen molar-refractivity contribution in [2.45, 2.75) is 39.4 Å². The van der Waals surface area contributed by atoms with Gasteiger partial charge >= 0.3 is 0 Å². The summed E-state index contributed by atoms with van der Waals surface area (Å²) < 4.78 is 0. The van der Waals surface area contributed by atoms with Gasteiger partial charge in [0, 0.05) is 34.7 Å². The highest BCUT2D eigenvalue weighted by Gasteiger charge is 2.11. The van der Waals surface area contributed by atoms with E-state index in [0.717, 1.165) is 29.4 Å². The summed E-state index contributed by atoms with van der Waals surface area (Å²) in [6, 6.07) is 10.5. The molecule has 4 heteroatoms. The Kier molecular flexibility index (Phi) is 5.31. The first kappa shape index (κ1) is 16.3. The fourth-order valence-electron chi connectivity index (χ4n) is 2.01. The molecule has 1 aromatic heterocycles. The summed E-state index contributed by atoms with van der Waals surface area (Å²) in [6.07, 6.45) is 0. The smallest absolute Gasteiger partial charge is 0.0519 e. The van der Waals surface area contributed by atoms with E-state index in [1.54, 1.807) is 11.3 Å². The first-order valence-electron chi connectivity index (χ1n) is 7.12. The van der Waals surface area contributed by atoms with Gasteiger partial charge in [-0.3, -0.25) is 0 Å². The van der Waals surface area contributed by atoms with E-state index in [-0.39, 0.29) is 5.54 Å². The molecule has 2 rings (SSSR count). The maximum absolute atomic E-state index is 6.42. The summed E-state index contributed by atoms with van der Waals surface area (Å²) in [6.45, 7) is 8.17. The van der Waals surface area contributed by atoms with Crippen LogP contribution in [0.3, 0.4) is 0 Å². The molecule has 2 nitrogen and oxygen atoms in total. The van der Waals surface area contributed by atoms with Gasteiger partial charge in [0.15, 0.2) is 0 Å². The van der Waals surface area contributed by atoms with Gasteiger partial charge in [0.05, 0.1) is 6.54 Å². The summed E-state index contributed by atoms with van der Waals surface area (Å²) in [7, 11) is 2.10. The van der Waals surface area contributed by atoms with E-state index < -0.39 is 0 Å². The highest BCUT2D eigenvalue weighted by molar-refractivity contribution is 7.09. The minimum absolute atomic E-state index is 0.0952. The average Bonchev–Trinajstić information content (AvgIpc) is 2.89. The van der Waals surface area contributed by atoms with Crippen molar-refractivity contribution in [3.63, 3.8) is 0 Å². The van der Waals surface area contributed by atoms with Gasteiger partial charge in [-0.05, 0) is 49.9 Å². The molecular formula is C17H23ClN2S. The standard InChI is InChI=1S/C17H23ClN2S/c1-17(2,3)19-11-13-7-8-14(10-16(13)18)20(4)12-15-6-5-9-21-15/h5-10,19H,11-12H2,1-4H3. The summed E-state index contributed by atoms with van der Waals surface area (Å²) >= 11 is 8.20. The summed E-state index contributed by atoms with van der Waals surface area (Å²) in [5.41, 5.74) is 2.38. The van der Waals surface area contributed by atoms with Crippen LogP contribution in [-0.2, 0) is 13.1 Å². The van der Waals surface area contributed by atoms with E-state index in [4.69, 9.17) is 11.6 Å². The number of anilines is 1. The fraction of sp³-hybridized carbons (Fsp3) is 0.412. The molecular weight excluding hydrogens is 300 g/mol. The highest BCUT2D eigenvalue weighted by atomic mass is 35.5. The SMILES string of the molecule is CN(Cc1cccs1)c1ccc(CNC(C)(C)C)c(Cl)c1. The van der Waals surface area contributed by atoms with Crippen molar-refractivity contribution < 1.29 is 0 Å². The Bertz CT molecular complexity index is 573. The molecule has 0 saturated carbocycles. The van der Waals surface area contributed by atoms with Crippen LogP contribution in [0.1, 0.15) is 31.2 Å². The second-order valence-electron chi connectivity index (χ2n) is 6.31. The number of halogens is 1. The zero-order valence-electron chi connectivity index (χ0n) is 13.1. The van der Waals surface area contributed by atoms with Crippen molar-refractivity contribution in [1.82, 2.24) is 5.32 Å². The lowest BCUT2D eigenvalue weighted by molar-refractivity contribution is 0.424. The Balaban J connectivity index is 2.04. The van der Waals surface area contributed by atoms with E-state index >= 15 is 0 Å². The molecule has 0 bridgehead atoms. The molecule has 1 heterocycles. The average molecular weight is 323 g/mol. The van der Waals surface area contributed by atoms with Gasteiger partial charge in [-0.2, -0.15) is 0 Å². The molecule has 0 amide bonds. The molecule has 114 valence electrons. The Labute approximate surface area is 136 Å². The number of nitrogens with zero attached hydrogens (tertiary/aromatic N) is 1. The third-order valence-electron chi connectivity index (χ3n) is 3.26. The van der Waals surface area contributed by atoms with Gasteiger partial charge in [-0.1, -0.05) is 23.7 Å². The third kappa shape index (κ3) is 5.03. The summed E-state index contributed by atoms with van der Waals surface area (Å²) in [5, 5.41) is 6.40. The summed E-state index contributed by atoms with van der Waals surface area (Å²) in [5.74, 6) is 0. The quantitative estimate of drug-likeness (QED) is 0.840. The minimum Gasteiger partial charge on any atom is -0.369 e. The van der Waals surface area contributed by atoms with Crippen LogP contribution >= 0.6 is 22.9 Å². The fourth-order valence-corrected chi connectivity index (χ4v) is 3.00. The Hall–Kier alpha value is -1.03. The van der Waals surface area contributed by atoms with Crippen LogP contribution in [0.5, 0.6) is 0 Å². The highest BCUT2D eigenvalue weighted by Crippen LogP contribution is 2.25. The molecule has 2 aromatic rings. The Morgan fingerprint density at radius 2 is 2.00 bits per heavy atom. The van der Waals surface area contributed by atoms with E-state index in [0.29, 0.717) is 0 Å². The summed E-state index contributed by atoms with van der Waals surface area (Å²) in [4.78, 5) is 3.57. The number of thiophene rings is 1. The molecule has 1 aromatic carbocycles. The molecule has 0 spiro atoms. The normalized spacial score (nSPS) is 11.7. The lowest BCUT2D eigenvalue weighted by atomic mass is 10.1. The number of hydrogen-bond acceptors (Lipinski definition) is 3. The van der Waals surface area contributed by atoms with E-state index in [1.165, 1.54) is 4.88 Å². The number of benzene rings is 1. The molecule has 0 unspecified atom stereocenters. The topological polar surface area (TPSA) is 15.3 Å². The van der Waals surface area contributed by atoms with Crippen LogP contribution in [0.4, 0.5) is 5.69 Å². The van der Waals surface area contributed by atoms with Gasteiger partial charge in [0.2, 0.25) is 0 Å². The van der Waals surface area contributed by atoms with Gasteiger partial charge in [-0.15, -0.1) is 11.3 Å². The predicted octanol–water partition coefficient (Wildman–Crippen LogP) is 4.93. The van der Waals surface area contributed by atoms with Crippen molar-refractivity contribution in [3.8, 4) is 0 Å². The number of nitrogens with one attached hydrogen (secondary N) is 1. The second kappa shape index (κ2) is 6.82. The molecule has 0 aliphatic carbocycles. The van der Waals surface area contributed by atoms with Gasteiger partial charge in [0.1, 0.15) is 0 Å². The first-order valence-corrected chi connectivity index (χ1v) is 8.38. The third-order valence-corrected chi connectivity index (χ3v) is 4.47. The second-order valence-corrected chi connectivity index (χ2v) is 7.75. The van der Waals surface area contributed by atoms with Gasteiger partial charge < -0.3 is 10.2 Å². The maximum atomic E-state index is 6.42. The molecule has 0 fully saturated rings. The van der Waals surface area contributed by atoms with Crippen molar-refractivity contribution in [2.75, 3.05) is 11.9 Å². The largest absolute Gasteiger partial charge is 0.369 e. The predicted molar refractivity (Wildman–Crippen MR) is 94.5 cm³/mol. The van der Waals surface area contributed by atoms with Crippen molar-refractivity contribution >= 4 is 28.6 Å². The van der Waals surface area contributed by atoms with Gasteiger partial charge in [-0.25, -0.2) is 0 Å². The maximum Gasteiger partial charge on any atom is 0.0519 e. The van der Waals surface area contributed by atoms with Crippen LogP contribution < -0.4 is 10.2 Å². The van der Waals surface area contributed by atoms with Crippen LogP contribution in [0.2, 0.25) is 5.02 Å². The van der Waals surface area contributed by atoms with Crippen LogP contribution in [-0.4, -0.2) is 12.6 Å². The molecule has 21 heavy (non-hydrogen) atoms. The van der Waals surface area contributed by atoms with Crippen LogP contribution in [0, 0.1) is 0 Å². The van der Waals surface area contributed by atoms with E-state index in [9.17, 15) is 0 Å². The molecule has 0 aliphatic rings. The van der Waals surface area contributed by atoms with Crippen molar-refractivity contribution in [3.05, 3.63) is 51.2 Å². The van der Waals surface area contributed by atoms with Crippen molar-refractivity contribution in [1.29, 1.82) is 0 Å². The molecule has 0 aliphatic heterocycles. The molecule has 1 N–H and O–H groups in total. The van der Waals surface area contributed by atoms with Crippen LogP contribution in [0.25, 0.3) is 0 Å². The minimum atomic E-state index is 0.0952. The van der Waals surface area contributed by atoms with E-state index in [2.05, 4.69) is 73.7 Å². The van der Waals surface area contributed by atoms with Gasteiger partial charge in [0.25, 0.3) is 0 Å². The molecule has 0 atom stereocenters. The van der Waals surface area contributed by atoms with Crippen LogP contribution in [0.15, 0.2) is 35.7 Å². The zero-order chi connectivity index (χ0) is 15.5. The molecule has 0 saturated heterocycles. The lowest BCUT2D eigenvalue weighted by Gasteiger charge is -2.22. The number of rotatable bonds is 5. The molecule has 0 radical (unpaired) electrons. The Morgan fingerprint density at radius 1 is 1.24 bits per heavy atom. The number of hydrogen-bond donors (Lipinski definition) is 1. The monoisotopic (exact) mass is 322 g/mol.